The van der Waals surface area contributed by atoms with E-state index in [1.165, 1.54) is 0 Å². The maximum atomic E-state index is 9.27. The Bertz CT molecular complexity index is 400. The molecule has 4 nitrogen and oxygen atoms in total. The van der Waals surface area contributed by atoms with Gasteiger partial charge < -0.3 is 19.9 Å². The van der Waals surface area contributed by atoms with Crippen LogP contribution in [-0.2, 0) is 11.3 Å². The topological polar surface area (TPSA) is 50.7 Å². The Morgan fingerprint density at radius 1 is 1.37 bits per heavy atom. The lowest BCUT2D eigenvalue weighted by Gasteiger charge is -2.15. The third-order valence-electron chi connectivity index (χ3n) is 2.35. The highest BCUT2D eigenvalue weighted by Crippen LogP contribution is 2.32. The number of aliphatic hydroxyl groups is 1. The number of methoxy groups -OCH3 is 1. The third kappa shape index (κ3) is 5.97. The third-order valence-corrected chi connectivity index (χ3v) is 2.85. The lowest BCUT2D eigenvalue weighted by molar-refractivity contribution is 0.122. The molecule has 0 amide bonds. The summed E-state index contributed by atoms with van der Waals surface area (Å²) in [7, 11) is 1.65. The molecule has 0 spiro atoms. The number of nitrogens with one attached hydrogen (secondary N) is 1. The summed E-state index contributed by atoms with van der Waals surface area (Å²) in [6.07, 6.45) is -0.555. The fraction of sp³-hybridized carbons (Fsp3) is 0.538. The van der Waals surface area contributed by atoms with Gasteiger partial charge in [0.25, 0.3) is 0 Å². The van der Waals surface area contributed by atoms with Crippen molar-refractivity contribution < 1.29 is 14.6 Å². The fourth-order valence-electron chi connectivity index (χ4n) is 1.51. The molecule has 1 atom stereocenters. The molecule has 1 aromatic carbocycles. The van der Waals surface area contributed by atoms with Crippen LogP contribution in [0.3, 0.4) is 0 Å². The van der Waals surface area contributed by atoms with Crippen molar-refractivity contribution in [2.24, 2.45) is 0 Å². The van der Waals surface area contributed by atoms with Crippen LogP contribution >= 0.6 is 23.2 Å². The van der Waals surface area contributed by atoms with Gasteiger partial charge >= 0.3 is 0 Å². The van der Waals surface area contributed by atoms with E-state index in [-0.39, 0.29) is 6.61 Å². The zero-order valence-corrected chi connectivity index (χ0v) is 12.6. The lowest BCUT2D eigenvalue weighted by Crippen LogP contribution is -2.20. The predicted octanol–water partition coefficient (Wildman–Crippen LogP) is 2.49. The van der Waals surface area contributed by atoms with E-state index in [1.807, 2.05) is 0 Å². The van der Waals surface area contributed by atoms with Gasteiger partial charge in [0.2, 0.25) is 0 Å². The number of rotatable bonds is 8. The van der Waals surface area contributed by atoms with E-state index in [1.54, 1.807) is 26.2 Å². The van der Waals surface area contributed by atoms with Gasteiger partial charge in [0.1, 0.15) is 12.4 Å². The van der Waals surface area contributed by atoms with E-state index < -0.39 is 6.10 Å². The average molecular weight is 308 g/mol. The molecule has 0 saturated carbocycles. The van der Waals surface area contributed by atoms with Crippen LogP contribution < -0.4 is 10.1 Å². The van der Waals surface area contributed by atoms with Crippen LogP contribution in [0.15, 0.2) is 12.1 Å². The summed E-state index contributed by atoms with van der Waals surface area (Å²) in [5.41, 5.74) is 0.856. The fourth-order valence-corrected chi connectivity index (χ4v) is 2.10. The molecule has 0 aliphatic carbocycles. The SMILES string of the molecule is COCCNCc1cc(Cl)cc(Cl)c1OCC(C)O. The molecule has 108 valence electrons. The average Bonchev–Trinajstić information content (AvgIpc) is 2.33. The highest BCUT2D eigenvalue weighted by atomic mass is 35.5. The first kappa shape index (κ1) is 16.5. The second-order valence-corrected chi connectivity index (χ2v) is 5.05. The quantitative estimate of drug-likeness (QED) is 0.725. The standard InChI is InChI=1S/C13H19Cl2NO3/c1-9(17)8-19-13-10(7-16-3-4-18-2)5-11(14)6-12(13)15/h5-6,9,16-17H,3-4,7-8H2,1-2H3. The molecule has 1 rings (SSSR count). The predicted molar refractivity (Wildman–Crippen MR) is 77.2 cm³/mol. The van der Waals surface area contributed by atoms with Crippen molar-refractivity contribution in [2.45, 2.75) is 19.6 Å². The van der Waals surface area contributed by atoms with Crippen molar-refractivity contribution in [1.29, 1.82) is 0 Å². The number of aliphatic hydroxyl groups excluding tert-OH is 1. The van der Waals surface area contributed by atoms with Crippen LogP contribution in [0.5, 0.6) is 5.75 Å². The Morgan fingerprint density at radius 3 is 2.74 bits per heavy atom. The molecule has 0 aliphatic heterocycles. The minimum atomic E-state index is -0.555. The Morgan fingerprint density at radius 2 is 2.11 bits per heavy atom. The Kier molecular flexibility index (Phi) is 7.49. The number of hydrogen-bond donors (Lipinski definition) is 2. The maximum Gasteiger partial charge on any atom is 0.142 e. The molecular formula is C13H19Cl2NO3. The molecule has 0 heterocycles. The first-order valence-corrected chi connectivity index (χ1v) is 6.78. The van der Waals surface area contributed by atoms with E-state index in [0.29, 0.717) is 28.9 Å². The highest BCUT2D eigenvalue weighted by Gasteiger charge is 2.11. The molecular weight excluding hydrogens is 289 g/mol. The minimum absolute atomic E-state index is 0.187. The van der Waals surface area contributed by atoms with Gasteiger partial charge in [-0.05, 0) is 19.1 Å². The van der Waals surface area contributed by atoms with Crippen LogP contribution in [0.4, 0.5) is 0 Å². The van der Waals surface area contributed by atoms with Crippen LogP contribution in [0.25, 0.3) is 0 Å². The zero-order chi connectivity index (χ0) is 14.3. The second-order valence-electron chi connectivity index (χ2n) is 4.21. The Hall–Kier alpha value is -0.520. The summed E-state index contributed by atoms with van der Waals surface area (Å²) in [5, 5.41) is 13.5. The number of hydrogen-bond acceptors (Lipinski definition) is 4. The zero-order valence-electron chi connectivity index (χ0n) is 11.1. The summed E-state index contributed by atoms with van der Waals surface area (Å²) in [6, 6.07) is 3.42. The number of ether oxygens (including phenoxy) is 2. The highest BCUT2D eigenvalue weighted by molar-refractivity contribution is 6.35. The van der Waals surface area contributed by atoms with Gasteiger partial charge in [-0.15, -0.1) is 0 Å². The first-order chi connectivity index (χ1) is 9.04. The number of halogens is 2. The van der Waals surface area contributed by atoms with Gasteiger partial charge in [-0.2, -0.15) is 0 Å². The van der Waals surface area contributed by atoms with E-state index in [2.05, 4.69) is 5.32 Å². The first-order valence-electron chi connectivity index (χ1n) is 6.03. The maximum absolute atomic E-state index is 9.27. The largest absolute Gasteiger partial charge is 0.489 e. The van der Waals surface area contributed by atoms with E-state index >= 15 is 0 Å². The molecule has 6 heteroatoms. The monoisotopic (exact) mass is 307 g/mol. The van der Waals surface area contributed by atoms with Crippen molar-refractivity contribution in [2.75, 3.05) is 26.9 Å². The van der Waals surface area contributed by atoms with E-state index in [4.69, 9.17) is 32.7 Å². The van der Waals surface area contributed by atoms with Gasteiger partial charge in [0, 0.05) is 30.8 Å². The minimum Gasteiger partial charge on any atom is -0.489 e. The Balaban J connectivity index is 2.74. The van der Waals surface area contributed by atoms with Crippen molar-refractivity contribution in [3.05, 3.63) is 27.7 Å². The molecule has 0 aromatic heterocycles. The van der Waals surface area contributed by atoms with Crippen molar-refractivity contribution in [3.63, 3.8) is 0 Å². The number of benzene rings is 1. The summed E-state index contributed by atoms with van der Waals surface area (Å²) in [6.45, 7) is 3.75. The van der Waals surface area contributed by atoms with Crippen molar-refractivity contribution in [3.8, 4) is 5.75 Å². The molecule has 19 heavy (non-hydrogen) atoms. The molecule has 0 saturated heterocycles. The summed E-state index contributed by atoms with van der Waals surface area (Å²) < 4.78 is 10.5. The van der Waals surface area contributed by atoms with Crippen LogP contribution in [0.1, 0.15) is 12.5 Å². The Labute approximate surface area is 123 Å². The van der Waals surface area contributed by atoms with Crippen molar-refractivity contribution in [1.82, 2.24) is 5.32 Å². The molecule has 0 fully saturated rings. The molecule has 0 bridgehead atoms. The van der Waals surface area contributed by atoms with Crippen LogP contribution in [-0.4, -0.2) is 38.1 Å². The van der Waals surface area contributed by atoms with Gasteiger partial charge in [0.15, 0.2) is 0 Å². The molecule has 2 N–H and O–H groups in total. The smallest absolute Gasteiger partial charge is 0.142 e. The summed E-state index contributed by atoms with van der Waals surface area (Å²) in [5.74, 6) is 0.553. The lowest BCUT2D eigenvalue weighted by atomic mass is 10.2. The second kappa shape index (κ2) is 8.61. The van der Waals surface area contributed by atoms with E-state index in [0.717, 1.165) is 12.1 Å². The van der Waals surface area contributed by atoms with Gasteiger partial charge in [-0.1, -0.05) is 23.2 Å². The van der Waals surface area contributed by atoms with Gasteiger partial charge in [-0.3, -0.25) is 0 Å². The van der Waals surface area contributed by atoms with Gasteiger partial charge in [0.05, 0.1) is 17.7 Å². The molecule has 0 radical (unpaired) electrons. The van der Waals surface area contributed by atoms with Gasteiger partial charge in [-0.25, -0.2) is 0 Å². The molecule has 0 aliphatic rings. The molecule has 1 aromatic rings. The van der Waals surface area contributed by atoms with Crippen LogP contribution in [0.2, 0.25) is 10.0 Å². The van der Waals surface area contributed by atoms with Crippen molar-refractivity contribution >= 4 is 23.2 Å². The molecule has 1 unspecified atom stereocenters. The summed E-state index contributed by atoms with van der Waals surface area (Å²) >= 11 is 12.1. The summed E-state index contributed by atoms with van der Waals surface area (Å²) in [4.78, 5) is 0. The normalized spacial score (nSPS) is 12.5. The van der Waals surface area contributed by atoms with Crippen LogP contribution in [0, 0.1) is 0 Å². The van der Waals surface area contributed by atoms with E-state index in [9.17, 15) is 5.11 Å².